The van der Waals surface area contributed by atoms with E-state index < -0.39 is 0 Å². The Hall–Kier alpha value is -2.33. The van der Waals surface area contributed by atoms with Crippen molar-refractivity contribution in [3.05, 3.63) is 59.9 Å². The fraction of sp³-hybridized carbons (Fsp3) is 0.235. The third kappa shape index (κ3) is 2.90. The number of hydrogen-bond donors (Lipinski definition) is 1. The van der Waals surface area contributed by atoms with Gasteiger partial charge in [-0.3, -0.25) is 0 Å². The van der Waals surface area contributed by atoms with Gasteiger partial charge in [-0.2, -0.15) is 0 Å². The Morgan fingerprint density at radius 3 is 2.86 bits per heavy atom. The minimum atomic E-state index is 0.530. The molecule has 0 saturated carbocycles. The molecule has 0 aliphatic heterocycles. The summed E-state index contributed by atoms with van der Waals surface area (Å²) in [5.41, 5.74) is 8.89. The van der Waals surface area contributed by atoms with Crippen molar-refractivity contribution < 1.29 is 4.74 Å². The highest BCUT2D eigenvalue weighted by Gasteiger charge is 2.06. The molecule has 0 spiro atoms. The van der Waals surface area contributed by atoms with Gasteiger partial charge in [0.05, 0.1) is 17.6 Å². The summed E-state index contributed by atoms with van der Waals surface area (Å²) in [5, 5.41) is 0. The Kier molecular flexibility index (Phi) is 3.88. The Bertz CT molecular complexity index is 749. The second-order valence-electron chi connectivity index (χ2n) is 5.00. The zero-order chi connectivity index (χ0) is 14.7. The maximum absolute atomic E-state index is 5.82. The molecule has 21 heavy (non-hydrogen) atoms. The number of aryl methyl sites for hydroxylation is 1. The van der Waals surface area contributed by atoms with Gasteiger partial charge < -0.3 is 15.0 Å². The van der Waals surface area contributed by atoms with Gasteiger partial charge in [0.1, 0.15) is 18.2 Å². The van der Waals surface area contributed by atoms with E-state index in [-0.39, 0.29) is 0 Å². The van der Waals surface area contributed by atoms with E-state index in [0.29, 0.717) is 13.2 Å². The lowest BCUT2D eigenvalue weighted by molar-refractivity contribution is 0.298. The summed E-state index contributed by atoms with van der Waals surface area (Å²) in [5.74, 6) is 1.87. The molecule has 0 unspecified atom stereocenters. The van der Waals surface area contributed by atoms with Gasteiger partial charge in [0.2, 0.25) is 0 Å². The predicted octanol–water partition coefficient (Wildman–Crippen LogP) is 2.88. The van der Waals surface area contributed by atoms with Crippen LogP contribution in [0.1, 0.15) is 11.4 Å². The first-order valence-electron chi connectivity index (χ1n) is 7.11. The van der Waals surface area contributed by atoms with E-state index >= 15 is 0 Å². The first kappa shape index (κ1) is 13.6. The van der Waals surface area contributed by atoms with Gasteiger partial charge in [-0.05, 0) is 36.8 Å². The average Bonchev–Trinajstić information content (AvgIpc) is 2.83. The highest BCUT2D eigenvalue weighted by atomic mass is 16.5. The Labute approximate surface area is 124 Å². The molecule has 3 aromatic rings. The lowest BCUT2D eigenvalue weighted by Gasteiger charge is -2.10. The third-order valence-corrected chi connectivity index (χ3v) is 3.56. The lowest BCUT2D eigenvalue weighted by Crippen LogP contribution is -2.09. The number of para-hydroxylation sites is 2. The van der Waals surface area contributed by atoms with Crippen molar-refractivity contribution in [2.45, 2.75) is 20.0 Å². The van der Waals surface area contributed by atoms with Crippen LogP contribution in [0.25, 0.3) is 11.0 Å². The normalized spacial score (nSPS) is 11.0. The first-order chi connectivity index (χ1) is 10.3. The fourth-order valence-corrected chi connectivity index (χ4v) is 2.50. The second-order valence-corrected chi connectivity index (χ2v) is 5.00. The first-order valence-corrected chi connectivity index (χ1v) is 7.11. The van der Waals surface area contributed by atoms with Crippen LogP contribution >= 0.6 is 0 Å². The minimum Gasteiger partial charge on any atom is -0.492 e. The quantitative estimate of drug-likeness (QED) is 0.782. The van der Waals surface area contributed by atoms with Crippen LogP contribution in [0.5, 0.6) is 5.75 Å². The van der Waals surface area contributed by atoms with Crippen molar-refractivity contribution in [3.8, 4) is 5.75 Å². The molecule has 1 heterocycles. The molecule has 0 amide bonds. The summed E-state index contributed by atoms with van der Waals surface area (Å²) in [6.07, 6.45) is 0. The molecule has 0 radical (unpaired) electrons. The molecule has 0 bridgehead atoms. The number of nitrogens with two attached hydrogens (primary N) is 1. The van der Waals surface area contributed by atoms with Gasteiger partial charge in [0, 0.05) is 6.54 Å². The smallest absolute Gasteiger partial charge is 0.119 e. The van der Waals surface area contributed by atoms with Crippen molar-refractivity contribution in [1.82, 2.24) is 9.55 Å². The molecule has 2 aromatic carbocycles. The fourth-order valence-electron chi connectivity index (χ4n) is 2.50. The van der Waals surface area contributed by atoms with Crippen molar-refractivity contribution in [1.29, 1.82) is 0 Å². The van der Waals surface area contributed by atoms with Gasteiger partial charge in [-0.1, -0.05) is 24.3 Å². The van der Waals surface area contributed by atoms with E-state index in [9.17, 15) is 0 Å². The van der Waals surface area contributed by atoms with Gasteiger partial charge >= 0.3 is 0 Å². The number of aromatic nitrogens is 2. The molecular formula is C17H19N3O. The number of rotatable bonds is 5. The van der Waals surface area contributed by atoms with E-state index in [1.807, 2.05) is 49.4 Å². The standard InChI is InChI=1S/C17H19N3O/c1-13-19-16-7-2-3-8-17(16)20(13)9-10-21-15-6-4-5-14(11-15)12-18/h2-8,11H,9-10,12,18H2,1H3. The summed E-state index contributed by atoms with van der Waals surface area (Å²) in [7, 11) is 0. The predicted molar refractivity (Wildman–Crippen MR) is 84.3 cm³/mol. The SMILES string of the molecule is Cc1nc2ccccc2n1CCOc1cccc(CN)c1. The summed E-state index contributed by atoms with van der Waals surface area (Å²) in [6, 6.07) is 16.1. The average molecular weight is 281 g/mol. The number of ether oxygens (including phenoxy) is 1. The molecule has 4 heteroatoms. The number of nitrogens with zero attached hydrogens (tertiary/aromatic N) is 2. The van der Waals surface area contributed by atoms with E-state index in [1.54, 1.807) is 0 Å². The van der Waals surface area contributed by atoms with Gasteiger partial charge in [-0.25, -0.2) is 4.98 Å². The van der Waals surface area contributed by atoms with E-state index in [1.165, 1.54) is 0 Å². The van der Waals surface area contributed by atoms with Crippen LogP contribution in [0, 0.1) is 6.92 Å². The lowest BCUT2D eigenvalue weighted by atomic mass is 10.2. The number of benzene rings is 2. The van der Waals surface area contributed by atoms with Crippen LogP contribution in [-0.4, -0.2) is 16.2 Å². The van der Waals surface area contributed by atoms with E-state index in [0.717, 1.165) is 34.7 Å². The van der Waals surface area contributed by atoms with Crippen LogP contribution in [-0.2, 0) is 13.1 Å². The van der Waals surface area contributed by atoms with Crippen LogP contribution in [0.2, 0.25) is 0 Å². The van der Waals surface area contributed by atoms with Crippen molar-refractivity contribution in [3.63, 3.8) is 0 Å². The highest BCUT2D eigenvalue weighted by Crippen LogP contribution is 2.16. The number of fused-ring (bicyclic) bond motifs is 1. The molecule has 0 aliphatic rings. The highest BCUT2D eigenvalue weighted by molar-refractivity contribution is 5.75. The molecule has 0 aliphatic carbocycles. The summed E-state index contributed by atoms with van der Waals surface area (Å²) >= 11 is 0. The molecule has 0 fully saturated rings. The minimum absolute atomic E-state index is 0.530. The van der Waals surface area contributed by atoms with Gasteiger partial charge in [0.15, 0.2) is 0 Å². The molecule has 1 aromatic heterocycles. The number of hydrogen-bond acceptors (Lipinski definition) is 3. The van der Waals surface area contributed by atoms with Crippen LogP contribution in [0.4, 0.5) is 0 Å². The molecule has 4 nitrogen and oxygen atoms in total. The van der Waals surface area contributed by atoms with E-state index in [4.69, 9.17) is 10.5 Å². The summed E-state index contributed by atoms with van der Waals surface area (Å²) < 4.78 is 8.00. The molecular weight excluding hydrogens is 262 g/mol. The molecule has 3 rings (SSSR count). The van der Waals surface area contributed by atoms with Gasteiger partial charge in [0.25, 0.3) is 0 Å². The van der Waals surface area contributed by atoms with Crippen LogP contribution in [0.3, 0.4) is 0 Å². The monoisotopic (exact) mass is 281 g/mol. The Morgan fingerprint density at radius 1 is 1.14 bits per heavy atom. The van der Waals surface area contributed by atoms with Crippen LogP contribution < -0.4 is 10.5 Å². The maximum Gasteiger partial charge on any atom is 0.119 e. The Balaban J connectivity index is 1.70. The zero-order valence-electron chi connectivity index (χ0n) is 12.1. The molecule has 108 valence electrons. The maximum atomic E-state index is 5.82. The summed E-state index contributed by atoms with van der Waals surface area (Å²) in [4.78, 5) is 4.56. The number of imidazole rings is 1. The van der Waals surface area contributed by atoms with Crippen molar-refractivity contribution in [2.24, 2.45) is 5.73 Å². The molecule has 2 N–H and O–H groups in total. The molecule has 0 saturated heterocycles. The van der Waals surface area contributed by atoms with E-state index in [2.05, 4.69) is 15.6 Å². The molecule has 0 atom stereocenters. The second kappa shape index (κ2) is 5.97. The Morgan fingerprint density at radius 2 is 2.00 bits per heavy atom. The van der Waals surface area contributed by atoms with Crippen molar-refractivity contribution >= 4 is 11.0 Å². The largest absolute Gasteiger partial charge is 0.492 e. The summed E-state index contributed by atoms with van der Waals surface area (Å²) in [6.45, 7) is 3.94. The van der Waals surface area contributed by atoms with Crippen LogP contribution in [0.15, 0.2) is 48.5 Å². The van der Waals surface area contributed by atoms with Crippen molar-refractivity contribution in [2.75, 3.05) is 6.61 Å². The van der Waals surface area contributed by atoms with Gasteiger partial charge in [-0.15, -0.1) is 0 Å². The third-order valence-electron chi connectivity index (χ3n) is 3.56. The topological polar surface area (TPSA) is 53.1 Å². The zero-order valence-corrected chi connectivity index (χ0v) is 12.1.